The van der Waals surface area contributed by atoms with E-state index in [-0.39, 0.29) is 23.3 Å². The molecule has 3 aromatic carbocycles. The summed E-state index contributed by atoms with van der Waals surface area (Å²) in [7, 11) is 0. The first-order chi connectivity index (χ1) is 18.9. The summed E-state index contributed by atoms with van der Waals surface area (Å²) >= 11 is 0. The third-order valence-electron chi connectivity index (χ3n) is 7.61. The Labute approximate surface area is 229 Å². The summed E-state index contributed by atoms with van der Waals surface area (Å²) in [6.45, 7) is 5.15. The molecule has 0 aliphatic heterocycles. The Bertz CT molecular complexity index is 1220. The summed E-state index contributed by atoms with van der Waals surface area (Å²) < 4.78 is 70.3. The first-order valence-electron chi connectivity index (χ1n) is 14.2. The summed E-state index contributed by atoms with van der Waals surface area (Å²) in [5, 5.41) is 0. The summed E-state index contributed by atoms with van der Waals surface area (Å²) in [6.07, 6.45) is 7.05. The van der Waals surface area contributed by atoms with Crippen molar-refractivity contribution < 1.29 is 27.0 Å². The molecule has 210 valence electrons. The SMILES string of the molecule is CCCCOc1ccc(-c2ccc(CCc3ccc(C4CCC(OCCC)CC4)c(F)c3F)cc2)c(F)c1F. The van der Waals surface area contributed by atoms with Crippen LogP contribution in [0.5, 0.6) is 5.75 Å². The molecule has 39 heavy (non-hydrogen) atoms. The molecule has 3 aromatic rings. The third-order valence-corrected chi connectivity index (χ3v) is 7.61. The van der Waals surface area contributed by atoms with Crippen molar-refractivity contribution in [3.8, 4) is 16.9 Å². The van der Waals surface area contributed by atoms with Gasteiger partial charge in [-0.15, -0.1) is 0 Å². The highest BCUT2D eigenvalue weighted by Gasteiger charge is 2.26. The predicted octanol–water partition coefficient (Wildman–Crippen LogP) is 9.33. The highest BCUT2D eigenvalue weighted by atomic mass is 19.2. The summed E-state index contributed by atoms with van der Waals surface area (Å²) in [5.74, 6) is -3.52. The molecule has 1 aliphatic carbocycles. The Balaban J connectivity index is 1.37. The quantitative estimate of drug-likeness (QED) is 0.168. The zero-order chi connectivity index (χ0) is 27.8. The van der Waals surface area contributed by atoms with Crippen molar-refractivity contribution in [1.29, 1.82) is 0 Å². The topological polar surface area (TPSA) is 18.5 Å². The molecule has 0 atom stereocenters. The van der Waals surface area contributed by atoms with Crippen LogP contribution < -0.4 is 4.74 Å². The van der Waals surface area contributed by atoms with Gasteiger partial charge in [-0.05, 0) is 91.7 Å². The minimum absolute atomic E-state index is 0.0183. The minimum Gasteiger partial charge on any atom is -0.490 e. The highest BCUT2D eigenvalue weighted by molar-refractivity contribution is 5.65. The number of hydrogen-bond acceptors (Lipinski definition) is 2. The maximum absolute atomic E-state index is 15.0. The van der Waals surface area contributed by atoms with Crippen LogP contribution in [-0.4, -0.2) is 19.3 Å². The van der Waals surface area contributed by atoms with E-state index in [1.165, 1.54) is 12.1 Å². The molecule has 0 amide bonds. The Morgan fingerprint density at radius 2 is 1.44 bits per heavy atom. The number of benzene rings is 3. The standard InChI is InChI=1S/C33H38F4O2/c1-3-5-21-39-29-19-18-28(32(36)33(29)37)23-9-6-22(7-10-23)8-11-25-14-17-27(31(35)30(25)34)24-12-15-26(16-13-24)38-20-4-2/h6-7,9-10,14,17-19,24,26H,3-5,8,11-13,15-16,20-21H2,1-2H3. The van der Waals surface area contributed by atoms with E-state index in [0.717, 1.165) is 57.1 Å². The molecule has 2 nitrogen and oxygen atoms in total. The molecule has 1 saturated carbocycles. The van der Waals surface area contributed by atoms with Gasteiger partial charge in [-0.3, -0.25) is 0 Å². The van der Waals surface area contributed by atoms with Crippen LogP contribution in [0.15, 0.2) is 48.5 Å². The van der Waals surface area contributed by atoms with Crippen LogP contribution in [0.2, 0.25) is 0 Å². The van der Waals surface area contributed by atoms with E-state index in [1.54, 1.807) is 36.4 Å². The van der Waals surface area contributed by atoms with E-state index in [0.29, 0.717) is 36.1 Å². The molecule has 0 aromatic heterocycles. The largest absolute Gasteiger partial charge is 0.490 e. The number of unbranched alkanes of at least 4 members (excludes halogenated alkanes) is 1. The van der Waals surface area contributed by atoms with Crippen molar-refractivity contribution in [3.63, 3.8) is 0 Å². The van der Waals surface area contributed by atoms with Gasteiger partial charge in [-0.25, -0.2) is 13.2 Å². The summed E-state index contributed by atoms with van der Waals surface area (Å²) in [6, 6.07) is 13.4. The lowest BCUT2D eigenvalue weighted by molar-refractivity contribution is 0.0248. The van der Waals surface area contributed by atoms with Gasteiger partial charge in [0.1, 0.15) is 0 Å². The predicted molar refractivity (Wildman–Crippen MR) is 147 cm³/mol. The average molecular weight is 543 g/mol. The lowest BCUT2D eigenvalue weighted by Gasteiger charge is -2.29. The second-order valence-electron chi connectivity index (χ2n) is 10.4. The molecular weight excluding hydrogens is 504 g/mol. The maximum Gasteiger partial charge on any atom is 0.201 e. The molecule has 0 unspecified atom stereocenters. The maximum atomic E-state index is 15.0. The monoisotopic (exact) mass is 542 g/mol. The summed E-state index contributed by atoms with van der Waals surface area (Å²) in [4.78, 5) is 0. The van der Waals surface area contributed by atoms with E-state index < -0.39 is 23.3 Å². The molecule has 0 bridgehead atoms. The van der Waals surface area contributed by atoms with Crippen LogP contribution in [-0.2, 0) is 17.6 Å². The van der Waals surface area contributed by atoms with Gasteiger partial charge in [-0.2, -0.15) is 4.39 Å². The second-order valence-corrected chi connectivity index (χ2v) is 10.4. The van der Waals surface area contributed by atoms with Gasteiger partial charge >= 0.3 is 0 Å². The smallest absolute Gasteiger partial charge is 0.201 e. The van der Waals surface area contributed by atoms with Crippen LogP contribution in [0.25, 0.3) is 11.1 Å². The van der Waals surface area contributed by atoms with Gasteiger partial charge in [0.15, 0.2) is 23.2 Å². The van der Waals surface area contributed by atoms with Crippen molar-refractivity contribution in [2.45, 2.75) is 83.7 Å². The number of aryl methyl sites for hydroxylation is 2. The molecule has 0 N–H and O–H groups in total. The fourth-order valence-corrected chi connectivity index (χ4v) is 5.26. The third kappa shape index (κ3) is 7.21. The fraction of sp³-hybridized carbons (Fsp3) is 0.455. The number of halogens is 4. The van der Waals surface area contributed by atoms with E-state index in [9.17, 15) is 13.2 Å². The number of hydrogen-bond donors (Lipinski definition) is 0. The first kappa shape index (κ1) is 29.1. The van der Waals surface area contributed by atoms with Crippen molar-refractivity contribution in [1.82, 2.24) is 0 Å². The average Bonchev–Trinajstić information content (AvgIpc) is 2.96. The van der Waals surface area contributed by atoms with Crippen molar-refractivity contribution >= 4 is 0 Å². The molecule has 0 saturated heterocycles. The van der Waals surface area contributed by atoms with E-state index in [1.807, 2.05) is 6.92 Å². The first-order valence-corrected chi connectivity index (χ1v) is 14.2. The normalized spacial score (nSPS) is 17.4. The fourth-order valence-electron chi connectivity index (χ4n) is 5.26. The summed E-state index contributed by atoms with van der Waals surface area (Å²) in [5.41, 5.74) is 2.38. The van der Waals surface area contributed by atoms with Crippen molar-refractivity contribution in [2.75, 3.05) is 13.2 Å². The van der Waals surface area contributed by atoms with Gasteiger partial charge in [0.05, 0.1) is 12.7 Å². The van der Waals surface area contributed by atoms with E-state index in [2.05, 4.69) is 6.92 Å². The Kier molecular flexibility index (Phi) is 10.4. The Morgan fingerprint density at radius 1 is 0.692 bits per heavy atom. The van der Waals surface area contributed by atoms with Crippen molar-refractivity contribution in [2.24, 2.45) is 0 Å². The van der Waals surface area contributed by atoms with E-state index in [4.69, 9.17) is 9.47 Å². The Morgan fingerprint density at radius 3 is 2.13 bits per heavy atom. The van der Waals surface area contributed by atoms with Crippen LogP contribution >= 0.6 is 0 Å². The zero-order valence-corrected chi connectivity index (χ0v) is 22.9. The molecule has 0 spiro atoms. The number of rotatable bonds is 12. The van der Waals surface area contributed by atoms with Crippen LogP contribution in [0.4, 0.5) is 17.6 Å². The highest BCUT2D eigenvalue weighted by Crippen LogP contribution is 2.36. The van der Waals surface area contributed by atoms with Gasteiger partial charge in [0.2, 0.25) is 5.82 Å². The Hall–Kier alpha value is -2.86. The second kappa shape index (κ2) is 14.0. The van der Waals surface area contributed by atoms with Gasteiger partial charge in [0.25, 0.3) is 0 Å². The number of ether oxygens (including phenoxy) is 2. The van der Waals surface area contributed by atoms with Crippen molar-refractivity contribution in [3.05, 3.63) is 88.5 Å². The molecular formula is C33H38F4O2. The molecule has 1 aliphatic rings. The molecule has 6 heteroatoms. The van der Waals surface area contributed by atoms with Crippen LogP contribution in [0, 0.1) is 23.3 Å². The molecule has 1 fully saturated rings. The van der Waals surface area contributed by atoms with E-state index >= 15 is 4.39 Å². The van der Waals surface area contributed by atoms with Crippen LogP contribution in [0.3, 0.4) is 0 Å². The molecule has 4 rings (SSSR count). The lowest BCUT2D eigenvalue weighted by Crippen LogP contribution is -2.22. The van der Waals surface area contributed by atoms with Gasteiger partial charge in [0, 0.05) is 12.2 Å². The minimum atomic E-state index is -0.994. The lowest BCUT2D eigenvalue weighted by atomic mass is 9.82. The molecule has 0 radical (unpaired) electrons. The van der Waals surface area contributed by atoms with Gasteiger partial charge in [-0.1, -0.05) is 56.7 Å². The van der Waals surface area contributed by atoms with Gasteiger partial charge < -0.3 is 9.47 Å². The molecule has 0 heterocycles. The zero-order valence-electron chi connectivity index (χ0n) is 22.9. The van der Waals surface area contributed by atoms with Crippen LogP contribution in [0.1, 0.15) is 81.4 Å².